The van der Waals surface area contributed by atoms with E-state index >= 15 is 0 Å². The van der Waals surface area contributed by atoms with Crippen LogP contribution in [0.5, 0.6) is 0 Å². The highest BCUT2D eigenvalue weighted by Crippen LogP contribution is 2.37. The predicted molar refractivity (Wildman–Crippen MR) is 135 cm³/mol. The quantitative estimate of drug-likeness (QED) is 0.355. The first-order valence-corrected chi connectivity index (χ1v) is 11.5. The summed E-state index contributed by atoms with van der Waals surface area (Å²) in [6.07, 6.45) is 1.76. The van der Waals surface area contributed by atoms with E-state index in [9.17, 15) is 0 Å². The van der Waals surface area contributed by atoms with Crippen molar-refractivity contribution in [3.05, 3.63) is 106 Å². The maximum absolute atomic E-state index is 7.22. The van der Waals surface area contributed by atoms with Gasteiger partial charge in [0.15, 0.2) is 0 Å². The molecule has 0 fully saturated rings. The molecule has 0 aliphatic heterocycles. The Morgan fingerprint density at radius 1 is 0.943 bits per heavy atom. The fourth-order valence-electron chi connectivity index (χ4n) is 4.39. The van der Waals surface area contributed by atoms with Gasteiger partial charge >= 0.3 is 0 Å². The predicted octanol–water partition coefficient (Wildman–Crippen LogP) is 4.93. The Balaban J connectivity index is 1.67. The number of aromatic amines is 1. The van der Waals surface area contributed by atoms with Gasteiger partial charge in [-0.15, -0.1) is 0 Å². The van der Waals surface area contributed by atoms with Crippen molar-refractivity contribution in [1.29, 1.82) is 0 Å². The van der Waals surface area contributed by atoms with Crippen LogP contribution >= 0.6 is 23.2 Å². The molecule has 172 valence electrons. The molecule has 1 atom stereocenters. The zero-order chi connectivity index (χ0) is 24.2. The van der Waals surface area contributed by atoms with Gasteiger partial charge in [-0.1, -0.05) is 58.6 Å². The third kappa shape index (κ3) is 3.54. The Morgan fingerprint density at radius 3 is 2.49 bits per heavy atom. The van der Waals surface area contributed by atoms with E-state index in [4.69, 9.17) is 33.9 Å². The van der Waals surface area contributed by atoms with Crippen LogP contribution in [0, 0.1) is 6.92 Å². The molecule has 0 spiro atoms. The second kappa shape index (κ2) is 8.13. The molecular formula is C25H18Cl2N8. The Kier molecular flexibility index (Phi) is 5.03. The lowest BCUT2D eigenvalue weighted by atomic mass is 9.80. The molecule has 35 heavy (non-hydrogen) atoms. The lowest BCUT2D eigenvalue weighted by Crippen LogP contribution is -2.39. The molecule has 6 aromatic rings. The van der Waals surface area contributed by atoms with Gasteiger partial charge in [-0.25, -0.2) is 9.97 Å². The summed E-state index contributed by atoms with van der Waals surface area (Å²) in [6.45, 7) is 1.89. The van der Waals surface area contributed by atoms with Crippen molar-refractivity contribution in [2.24, 2.45) is 5.73 Å². The van der Waals surface area contributed by atoms with Crippen LogP contribution in [0.3, 0.4) is 0 Å². The van der Waals surface area contributed by atoms with Crippen LogP contribution in [0.2, 0.25) is 10.0 Å². The molecule has 3 aromatic carbocycles. The number of H-pyrrole nitrogens is 1. The molecule has 0 saturated heterocycles. The summed E-state index contributed by atoms with van der Waals surface area (Å²) in [6, 6.07) is 20.9. The lowest BCUT2D eigenvalue weighted by molar-refractivity contribution is 0.632. The van der Waals surface area contributed by atoms with E-state index in [1.165, 1.54) is 0 Å². The maximum Gasteiger partial charge on any atom is 0.274 e. The molecule has 0 aliphatic rings. The van der Waals surface area contributed by atoms with Crippen molar-refractivity contribution in [2.45, 2.75) is 12.5 Å². The number of aromatic nitrogens is 7. The van der Waals surface area contributed by atoms with Gasteiger partial charge in [-0.3, -0.25) is 0 Å². The SMILES string of the molecule is Cc1ncc(C(N)(c2ccc(Cl)cc2)c2ccc3c(c2)c(-c2cccc(Cl)c2)nc2nnnn23)[nH]1. The fourth-order valence-corrected chi connectivity index (χ4v) is 4.71. The van der Waals surface area contributed by atoms with Crippen molar-refractivity contribution < 1.29 is 0 Å². The van der Waals surface area contributed by atoms with E-state index in [1.807, 2.05) is 73.7 Å². The minimum atomic E-state index is -1.04. The molecular weight excluding hydrogens is 483 g/mol. The Labute approximate surface area is 209 Å². The normalized spacial score (nSPS) is 13.4. The van der Waals surface area contributed by atoms with Gasteiger partial charge in [0.05, 0.1) is 23.1 Å². The number of nitrogens with two attached hydrogens (primary N) is 1. The van der Waals surface area contributed by atoms with Gasteiger partial charge in [0.1, 0.15) is 11.4 Å². The number of nitrogens with one attached hydrogen (secondary N) is 1. The van der Waals surface area contributed by atoms with Crippen LogP contribution in [0.15, 0.2) is 72.9 Å². The maximum atomic E-state index is 7.22. The molecule has 3 heterocycles. The summed E-state index contributed by atoms with van der Waals surface area (Å²) in [5.74, 6) is 1.15. The standard InChI is InChI=1S/C25H18Cl2N8/c1-14-29-13-22(30-14)25(28,16-5-8-18(26)9-6-16)17-7-10-21-20(12-17)23(15-3-2-4-19(27)11-15)31-24-32-33-34-35(21)24/h2-13H,28H2,1H3,(H,29,30). The van der Waals surface area contributed by atoms with Gasteiger partial charge in [-0.05, 0) is 64.9 Å². The van der Waals surface area contributed by atoms with Crippen molar-refractivity contribution in [3.63, 3.8) is 0 Å². The molecule has 0 bridgehead atoms. The minimum Gasteiger partial charge on any atom is -0.344 e. The highest BCUT2D eigenvalue weighted by atomic mass is 35.5. The van der Waals surface area contributed by atoms with E-state index in [-0.39, 0.29) is 0 Å². The van der Waals surface area contributed by atoms with E-state index in [2.05, 4.69) is 25.5 Å². The Bertz CT molecular complexity index is 1710. The first-order valence-electron chi connectivity index (χ1n) is 10.8. The van der Waals surface area contributed by atoms with Crippen LogP contribution in [0.25, 0.3) is 27.9 Å². The minimum absolute atomic E-state index is 0.390. The summed E-state index contributed by atoms with van der Waals surface area (Å²) < 4.78 is 1.61. The average molecular weight is 501 g/mol. The number of rotatable bonds is 4. The third-order valence-corrected chi connectivity index (χ3v) is 6.61. The zero-order valence-corrected chi connectivity index (χ0v) is 20.0. The molecule has 0 amide bonds. The topological polar surface area (TPSA) is 111 Å². The number of nitrogens with zero attached hydrogens (tertiary/aromatic N) is 6. The molecule has 6 rings (SSSR count). The average Bonchev–Trinajstić information content (AvgIpc) is 3.52. The number of imidazole rings is 1. The summed E-state index contributed by atoms with van der Waals surface area (Å²) in [7, 11) is 0. The molecule has 3 aromatic heterocycles. The van der Waals surface area contributed by atoms with Crippen molar-refractivity contribution >= 4 is 39.9 Å². The Hall–Kier alpha value is -3.85. The summed E-state index contributed by atoms with van der Waals surface area (Å²) in [5.41, 5.74) is 10.9. The van der Waals surface area contributed by atoms with Gasteiger partial charge in [0.2, 0.25) is 0 Å². The van der Waals surface area contributed by atoms with Gasteiger partial charge in [-0.2, -0.15) is 4.52 Å². The zero-order valence-electron chi connectivity index (χ0n) is 18.4. The fraction of sp³-hybridized carbons (Fsp3) is 0.0800. The van der Waals surface area contributed by atoms with Crippen molar-refractivity contribution in [2.75, 3.05) is 0 Å². The second-order valence-electron chi connectivity index (χ2n) is 8.29. The molecule has 0 radical (unpaired) electrons. The molecule has 10 heteroatoms. The number of hydrogen-bond donors (Lipinski definition) is 2. The summed E-state index contributed by atoms with van der Waals surface area (Å²) >= 11 is 12.5. The first kappa shape index (κ1) is 21.7. The first-order chi connectivity index (χ1) is 16.9. The van der Waals surface area contributed by atoms with Gasteiger partial charge < -0.3 is 10.7 Å². The van der Waals surface area contributed by atoms with Crippen LogP contribution in [-0.4, -0.2) is 35.0 Å². The van der Waals surface area contributed by atoms with Crippen molar-refractivity contribution in [1.82, 2.24) is 35.0 Å². The second-order valence-corrected chi connectivity index (χ2v) is 9.16. The molecule has 8 nitrogen and oxygen atoms in total. The molecule has 3 N–H and O–H groups in total. The van der Waals surface area contributed by atoms with Crippen molar-refractivity contribution in [3.8, 4) is 11.3 Å². The monoisotopic (exact) mass is 500 g/mol. The van der Waals surface area contributed by atoms with Crippen LogP contribution in [0.4, 0.5) is 0 Å². The highest BCUT2D eigenvalue weighted by Gasteiger charge is 2.34. The van der Waals surface area contributed by atoms with E-state index in [0.717, 1.165) is 39.1 Å². The number of aryl methyl sites for hydroxylation is 1. The van der Waals surface area contributed by atoms with E-state index in [0.29, 0.717) is 21.5 Å². The smallest absolute Gasteiger partial charge is 0.274 e. The lowest BCUT2D eigenvalue weighted by Gasteiger charge is -2.30. The number of fused-ring (bicyclic) bond motifs is 3. The Morgan fingerprint density at radius 2 is 1.74 bits per heavy atom. The third-order valence-electron chi connectivity index (χ3n) is 6.13. The van der Waals surface area contributed by atoms with Gasteiger partial charge in [0, 0.05) is 21.0 Å². The largest absolute Gasteiger partial charge is 0.344 e. The van der Waals surface area contributed by atoms with Crippen LogP contribution in [-0.2, 0) is 5.54 Å². The highest BCUT2D eigenvalue weighted by molar-refractivity contribution is 6.31. The number of halogens is 2. The summed E-state index contributed by atoms with van der Waals surface area (Å²) in [4.78, 5) is 12.5. The van der Waals surface area contributed by atoms with Crippen LogP contribution < -0.4 is 5.73 Å². The van der Waals surface area contributed by atoms with Gasteiger partial charge in [0.25, 0.3) is 5.78 Å². The molecule has 1 unspecified atom stereocenters. The van der Waals surface area contributed by atoms with Crippen LogP contribution in [0.1, 0.15) is 22.6 Å². The molecule has 0 aliphatic carbocycles. The number of benzene rings is 3. The number of hydrogen-bond acceptors (Lipinski definition) is 6. The van der Waals surface area contributed by atoms with E-state index < -0.39 is 5.54 Å². The van der Waals surface area contributed by atoms with E-state index in [1.54, 1.807) is 10.7 Å². The summed E-state index contributed by atoms with van der Waals surface area (Å²) in [5, 5.41) is 14.1. The molecule has 0 saturated carbocycles. The number of tetrazole rings is 1.